The highest BCUT2D eigenvalue weighted by atomic mass is 32.1. The number of thiocarbonyl (C=S) groups is 1. The monoisotopic (exact) mass is 426 g/mol. The summed E-state index contributed by atoms with van der Waals surface area (Å²) in [6.07, 6.45) is 9.40. The third-order valence-electron chi connectivity index (χ3n) is 5.90. The van der Waals surface area contributed by atoms with Gasteiger partial charge >= 0.3 is 0 Å². The van der Waals surface area contributed by atoms with Gasteiger partial charge in [0.1, 0.15) is 5.54 Å². The molecule has 29 heavy (non-hydrogen) atoms. The number of hydrogen-bond acceptors (Lipinski definition) is 4. The molecule has 1 aliphatic rings. The molecule has 0 atom stereocenters. The molecule has 6 heteroatoms. The van der Waals surface area contributed by atoms with Crippen LogP contribution in [0.25, 0.3) is 0 Å². The van der Waals surface area contributed by atoms with E-state index in [0.717, 1.165) is 45.7 Å². The van der Waals surface area contributed by atoms with E-state index in [-0.39, 0.29) is 5.91 Å². The largest absolute Gasteiger partial charge is 0.322 e. The van der Waals surface area contributed by atoms with E-state index in [1.165, 1.54) is 38.5 Å². The maximum Gasteiger partial charge on any atom is 0.255 e. The molecule has 5 nitrogen and oxygen atoms in total. The Morgan fingerprint density at radius 3 is 1.52 bits per heavy atom. The molecular formula is C23H46N4OS. The molecule has 0 radical (unpaired) electrons. The summed E-state index contributed by atoms with van der Waals surface area (Å²) in [5.41, 5.74) is -0.574. The summed E-state index contributed by atoms with van der Waals surface area (Å²) >= 11 is 5.85. The second-order valence-electron chi connectivity index (χ2n) is 8.94. The highest BCUT2D eigenvalue weighted by Crippen LogP contribution is 2.28. The van der Waals surface area contributed by atoms with Gasteiger partial charge in [0.05, 0.1) is 13.3 Å². The Kier molecular flexibility index (Phi) is 12.3. The van der Waals surface area contributed by atoms with Crippen LogP contribution in [0.15, 0.2) is 0 Å². The third-order valence-corrected chi connectivity index (χ3v) is 6.34. The summed E-state index contributed by atoms with van der Waals surface area (Å²) in [6.45, 7) is 18.5. The number of amides is 1. The lowest BCUT2D eigenvalue weighted by atomic mass is 10.0. The van der Waals surface area contributed by atoms with Crippen LogP contribution < -0.4 is 0 Å². The van der Waals surface area contributed by atoms with Crippen molar-refractivity contribution in [3.63, 3.8) is 0 Å². The molecule has 0 N–H and O–H groups in total. The van der Waals surface area contributed by atoms with Gasteiger partial charge in [-0.2, -0.15) is 0 Å². The molecule has 1 amide bonds. The number of rotatable bonds is 16. The lowest BCUT2D eigenvalue weighted by Crippen LogP contribution is -2.50. The molecule has 0 spiro atoms. The van der Waals surface area contributed by atoms with E-state index in [9.17, 15) is 4.79 Å². The average Bonchev–Trinajstić information content (AvgIpc) is 2.85. The molecule has 1 heterocycles. The molecule has 0 aromatic carbocycles. The molecule has 0 aliphatic carbocycles. The van der Waals surface area contributed by atoms with Crippen LogP contribution in [0.3, 0.4) is 0 Å². The summed E-state index contributed by atoms with van der Waals surface area (Å²) in [6, 6.07) is 0. The molecule has 0 unspecified atom stereocenters. The molecule has 0 bridgehead atoms. The Morgan fingerprint density at radius 1 is 0.759 bits per heavy atom. The van der Waals surface area contributed by atoms with Crippen LogP contribution in [-0.2, 0) is 4.79 Å². The van der Waals surface area contributed by atoms with Gasteiger partial charge in [0, 0.05) is 0 Å². The lowest BCUT2D eigenvalue weighted by molar-refractivity contribution is -0.133. The van der Waals surface area contributed by atoms with Crippen LogP contribution >= 0.6 is 12.2 Å². The van der Waals surface area contributed by atoms with Crippen molar-refractivity contribution in [2.45, 2.75) is 98.4 Å². The second-order valence-corrected chi connectivity index (χ2v) is 9.30. The molecule has 1 fully saturated rings. The first-order valence-corrected chi connectivity index (χ1v) is 12.3. The van der Waals surface area contributed by atoms with E-state index in [2.05, 4.69) is 42.4 Å². The molecule has 0 saturated carbocycles. The fourth-order valence-electron chi connectivity index (χ4n) is 3.71. The van der Waals surface area contributed by atoms with Gasteiger partial charge in [-0.1, -0.05) is 53.4 Å². The highest BCUT2D eigenvalue weighted by Gasteiger charge is 2.49. The van der Waals surface area contributed by atoms with Crippen LogP contribution in [-0.4, -0.2) is 75.7 Å². The first-order chi connectivity index (χ1) is 13.8. The van der Waals surface area contributed by atoms with Crippen molar-refractivity contribution in [3.05, 3.63) is 0 Å². The minimum atomic E-state index is -0.574. The van der Waals surface area contributed by atoms with Crippen LogP contribution in [0, 0.1) is 0 Å². The lowest BCUT2D eigenvalue weighted by Gasteiger charge is -2.35. The van der Waals surface area contributed by atoms with Crippen molar-refractivity contribution in [1.82, 2.24) is 19.6 Å². The second kappa shape index (κ2) is 13.6. The van der Waals surface area contributed by atoms with Gasteiger partial charge in [0.15, 0.2) is 5.11 Å². The zero-order valence-corrected chi connectivity index (χ0v) is 20.8. The molecule has 0 aromatic heterocycles. The smallest absolute Gasteiger partial charge is 0.255 e. The molecule has 1 rings (SSSR count). The van der Waals surface area contributed by atoms with Crippen molar-refractivity contribution < 1.29 is 4.79 Å². The number of carbonyl (C=O) groups is 1. The van der Waals surface area contributed by atoms with Crippen molar-refractivity contribution in [2.75, 3.05) is 39.5 Å². The van der Waals surface area contributed by atoms with E-state index in [0.29, 0.717) is 11.8 Å². The van der Waals surface area contributed by atoms with E-state index < -0.39 is 5.54 Å². The van der Waals surface area contributed by atoms with E-state index in [1.54, 1.807) is 0 Å². The number of nitrogens with zero attached hydrogens (tertiary/aromatic N) is 4. The fourth-order valence-corrected chi connectivity index (χ4v) is 4.14. The van der Waals surface area contributed by atoms with Gasteiger partial charge in [0.2, 0.25) is 0 Å². The SMILES string of the molecule is CCCCN(CCCC)CN1C(=O)C(C)(C)N(CN(CCCC)CCCC)C1=S. The van der Waals surface area contributed by atoms with E-state index >= 15 is 0 Å². The van der Waals surface area contributed by atoms with Crippen LogP contribution in [0.2, 0.25) is 0 Å². The van der Waals surface area contributed by atoms with Gasteiger partial charge in [0.25, 0.3) is 5.91 Å². The zero-order chi connectivity index (χ0) is 21.9. The van der Waals surface area contributed by atoms with Crippen molar-refractivity contribution in [2.24, 2.45) is 0 Å². The normalized spacial score (nSPS) is 16.7. The van der Waals surface area contributed by atoms with Crippen LogP contribution in [0.4, 0.5) is 0 Å². The number of hydrogen-bond donors (Lipinski definition) is 0. The summed E-state index contributed by atoms with van der Waals surface area (Å²) in [5.74, 6) is 0.145. The predicted octanol–water partition coefficient (Wildman–Crippen LogP) is 4.91. The molecule has 0 aromatic rings. The summed E-state index contributed by atoms with van der Waals surface area (Å²) < 4.78 is 0. The van der Waals surface area contributed by atoms with Gasteiger partial charge in [-0.05, 0) is 77.9 Å². The van der Waals surface area contributed by atoms with Gasteiger partial charge in [-0.3, -0.25) is 19.5 Å². The Bertz CT molecular complexity index is 481. The first kappa shape index (κ1) is 26.3. The molecule has 1 aliphatic heterocycles. The fraction of sp³-hybridized carbons (Fsp3) is 0.913. The minimum Gasteiger partial charge on any atom is -0.322 e. The number of unbranched alkanes of at least 4 members (excludes halogenated alkanes) is 4. The van der Waals surface area contributed by atoms with Gasteiger partial charge in [-0.15, -0.1) is 0 Å². The van der Waals surface area contributed by atoms with E-state index in [1.807, 2.05) is 18.7 Å². The van der Waals surface area contributed by atoms with Crippen molar-refractivity contribution in [1.29, 1.82) is 0 Å². The van der Waals surface area contributed by atoms with Crippen molar-refractivity contribution >= 4 is 23.2 Å². The topological polar surface area (TPSA) is 30.0 Å². The van der Waals surface area contributed by atoms with E-state index in [4.69, 9.17) is 12.2 Å². The van der Waals surface area contributed by atoms with Crippen LogP contribution in [0.5, 0.6) is 0 Å². The van der Waals surface area contributed by atoms with Gasteiger partial charge < -0.3 is 4.90 Å². The maximum absolute atomic E-state index is 13.3. The number of carbonyl (C=O) groups excluding carboxylic acids is 1. The maximum atomic E-state index is 13.3. The van der Waals surface area contributed by atoms with Crippen LogP contribution in [0.1, 0.15) is 92.9 Å². The standard InChI is InChI=1S/C23H46N4OS/c1-7-11-15-24(16-12-8-2)19-26-21(28)23(5,6)27(22(26)29)20-25(17-13-9-3)18-14-10-4/h7-20H2,1-6H3. The summed E-state index contributed by atoms with van der Waals surface area (Å²) in [5, 5.41) is 0.705. The molecular weight excluding hydrogens is 380 g/mol. The first-order valence-electron chi connectivity index (χ1n) is 11.9. The quantitative estimate of drug-likeness (QED) is 0.327. The van der Waals surface area contributed by atoms with Crippen molar-refractivity contribution in [3.8, 4) is 0 Å². The zero-order valence-electron chi connectivity index (χ0n) is 20.0. The Morgan fingerprint density at radius 2 is 1.14 bits per heavy atom. The van der Waals surface area contributed by atoms with Gasteiger partial charge in [-0.25, -0.2) is 0 Å². The minimum absolute atomic E-state index is 0.145. The molecule has 170 valence electrons. The Labute approximate surface area is 185 Å². The molecule has 1 saturated heterocycles. The Hall–Kier alpha value is -0.720. The third kappa shape index (κ3) is 7.80. The Balaban J connectivity index is 2.89. The summed E-state index contributed by atoms with van der Waals surface area (Å²) in [7, 11) is 0. The average molecular weight is 427 g/mol. The highest BCUT2D eigenvalue weighted by molar-refractivity contribution is 7.80. The predicted molar refractivity (Wildman–Crippen MR) is 128 cm³/mol. The summed E-state index contributed by atoms with van der Waals surface area (Å²) in [4.78, 5) is 22.2.